The Morgan fingerprint density at radius 1 is 1.20 bits per heavy atom. The van der Waals surface area contributed by atoms with Crippen molar-refractivity contribution >= 4 is 44.2 Å². The highest BCUT2D eigenvalue weighted by Gasteiger charge is 2.32. The minimum atomic E-state index is -0.747. The molecule has 0 aromatic rings. The molecule has 0 radical (unpaired) electrons. The number of carbonyl (C=O) groups excluding carboxylic acids is 4. The lowest BCUT2D eigenvalue weighted by Crippen LogP contribution is -2.32. The smallest absolute Gasteiger partial charge is 0.330 e. The molecule has 0 aliphatic carbocycles. The van der Waals surface area contributed by atoms with E-state index in [-0.39, 0.29) is 29.5 Å². The van der Waals surface area contributed by atoms with Crippen LogP contribution in [-0.4, -0.2) is 26.6 Å². The van der Waals surface area contributed by atoms with Crippen LogP contribution in [0.5, 0.6) is 0 Å². The molecule has 1 heterocycles. The second-order valence-electron chi connectivity index (χ2n) is 2.90. The molecule has 82 valence electrons. The molecule has 0 unspecified atom stereocenters. The molecular formula is C8H8INO5. The maximum atomic E-state index is 11.1. The zero-order valence-corrected chi connectivity index (χ0v) is 9.85. The molecule has 7 heteroatoms. The van der Waals surface area contributed by atoms with Crippen molar-refractivity contribution in [2.45, 2.75) is 25.7 Å². The largest absolute Gasteiger partial charge is 0.333 e. The minimum absolute atomic E-state index is 0.0373. The summed E-state index contributed by atoms with van der Waals surface area (Å²) in [4.78, 5) is 48.2. The van der Waals surface area contributed by atoms with Gasteiger partial charge >= 0.3 is 5.97 Å². The Balaban J connectivity index is 2.40. The molecule has 0 aromatic carbocycles. The Morgan fingerprint density at radius 3 is 2.20 bits per heavy atom. The summed E-state index contributed by atoms with van der Waals surface area (Å²) in [6, 6.07) is 0. The molecule has 15 heavy (non-hydrogen) atoms. The zero-order chi connectivity index (χ0) is 11.4. The minimum Gasteiger partial charge on any atom is -0.330 e. The number of rotatable bonds is 4. The average Bonchev–Trinajstić information content (AvgIpc) is 2.46. The summed E-state index contributed by atoms with van der Waals surface area (Å²) in [5.41, 5.74) is 0. The lowest BCUT2D eigenvalue weighted by Gasteiger charge is -2.11. The van der Waals surface area contributed by atoms with Gasteiger partial charge in [0.2, 0.25) is 0 Å². The third-order valence-corrected chi connectivity index (χ3v) is 2.26. The van der Waals surface area contributed by atoms with E-state index in [2.05, 4.69) is 4.84 Å². The van der Waals surface area contributed by atoms with Crippen molar-refractivity contribution in [1.82, 2.24) is 5.06 Å². The van der Waals surface area contributed by atoms with Crippen LogP contribution in [0.2, 0.25) is 0 Å². The monoisotopic (exact) mass is 325 g/mol. The van der Waals surface area contributed by atoms with Crippen LogP contribution in [-0.2, 0) is 24.0 Å². The molecule has 0 atom stereocenters. The SMILES string of the molecule is O=C(I)CCC(=O)ON1C(=O)CCC1=O. The third-order valence-electron chi connectivity index (χ3n) is 1.72. The van der Waals surface area contributed by atoms with Crippen molar-refractivity contribution in [3.63, 3.8) is 0 Å². The lowest BCUT2D eigenvalue weighted by molar-refractivity contribution is -0.197. The first-order valence-electron chi connectivity index (χ1n) is 4.25. The third kappa shape index (κ3) is 3.57. The fraction of sp³-hybridized carbons (Fsp3) is 0.500. The summed E-state index contributed by atoms with van der Waals surface area (Å²) in [5.74, 6) is -1.79. The van der Waals surface area contributed by atoms with E-state index in [1.54, 1.807) is 22.6 Å². The number of carbonyl (C=O) groups is 4. The summed E-state index contributed by atoms with van der Waals surface area (Å²) >= 11 is 1.55. The van der Waals surface area contributed by atoms with Gasteiger partial charge in [-0.3, -0.25) is 14.4 Å². The van der Waals surface area contributed by atoms with Gasteiger partial charge in [0.1, 0.15) is 0 Å². The van der Waals surface area contributed by atoms with Gasteiger partial charge in [-0.05, 0) is 22.6 Å². The summed E-state index contributed by atoms with van der Waals surface area (Å²) < 4.78 is -0.177. The molecule has 1 saturated heterocycles. The Kier molecular flexibility index (Phi) is 4.18. The van der Waals surface area contributed by atoms with Crippen molar-refractivity contribution in [3.8, 4) is 0 Å². The van der Waals surface area contributed by atoms with Crippen molar-refractivity contribution in [2.24, 2.45) is 0 Å². The lowest BCUT2D eigenvalue weighted by atomic mass is 10.3. The van der Waals surface area contributed by atoms with Gasteiger partial charge in [0, 0.05) is 19.3 Å². The van der Waals surface area contributed by atoms with Gasteiger partial charge in [0.05, 0.1) is 6.42 Å². The Labute approximate surface area is 99.0 Å². The second kappa shape index (κ2) is 5.19. The van der Waals surface area contributed by atoms with Crippen molar-refractivity contribution < 1.29 is 24.0 Å². The van der Waals surface area contributed by atoms with E-state index in [0.717, 1.165) is 0 Å². The number of amides is 2. The average molecular weight is 325 g/mol. The predicted octanol–water partition coefficient (Wildman–Crippen LogP) is 0.335. The van der Waals surface area contributed by atoms with Crippen LogP contribution in [0.25, 0.3) is 0 Å². The second-order valence-corrected chi connectivity index (χ2v) is 4.10. The van der Waals surface area contributed by atoms with Crippen LogP contribution in [0.1, 0.15) is 25.7 Å². The maximum absolute atomic E-state index is 11.1. The standard InChI is InChI=1S/C8H8INO5/c9-5(11)1-4-8(14)15-10-6(12)2-3-7(10)13/h1-4H2. The van der Waals surface area contributed by atoms with Gasteiger partial charge in [0.15, 0.2) is 3.79 Å². The molecule has 0 aromatic heterocycles. The highest BCUT2D eigenvalue weighted by Crippen LogP contribution is 2.13. The van der Waals surface area contributed by atoms with Crippen LogP contribution in [0.4, 0.5) is 0 Å². The Morgan fingerprint density at radius 2 is 1.73 bits per heavy atom. The summed E-state index contributed by atoms with van der Waals surface area (Å²) in [5, 5.41) is 0.472. The van der Waals surface area contributed by atoms with Gasteiger partial charge in [-0.1, -0.05) is 0 Å². The first-order valence-corrected chi connectivity index (χ1v) is 5.33. The van der Waals surface area contributed by atoms with Crippen LogP contribution in [0, 0.1) is 0 Å². The molecule has 0 saturated carbocycles. The van der Waals surface area contributed by atoms with E-state index in [9.17, 15) is 19.2 Å². The quantitative estimate of drug-likeness (QED) is 0.423. The van der Waals surface area contributed by atoms with Gasteiger partial charge < -0.3 is 4.84 Å². The highest BCUT2D eigenvalue weighted by molar-refractivity contribution is 14.1. The van der Waals surface area contributed by atoms with Gasteiger partial charge in [-0.25, -0.2) is 4.79 Å². The van der Waals surface area contributed by atoms with E-state index in [0.29, 0.717) is 5.06 Å². The number of hydrogen-bond donors (Lipinski definition) is 0. The predicted molar refractivity (Wildman–Crippen MR) is 55.4 cm³/mol. The van der Waals surface area contributed by atoms with Crippen molar-refractivity contribution in [3.05, 3.63) is 0 Å². The molecule has 1 aliphatic heterocycles. The normalized spacial score (nSPS) is 15.7. The molecule has 0 N–H and O–H groups in total. The number of imide groups is 1. The molecule has 1 fully saturated rings. The Bertz CT molecular complexity index is 311. The number of hydroxylamine groups is 2. The molecule has 2 amide bonds. The van der Waals surface area contributed by atoms with Crippen molar-refractivity contribution in [2.75, 3.05) is 0 Å². The van der Waals surface area contributed by atoms with Crippen LogP contribution in [0.15, 0.2) is 0 Å². The van der Waals surface area contributed by atoms with Crippen LogP contribution in [0.3, 0.4) is 0 Å². The number of hydrogen-bond acceptors (Lipinski definition) is 5. The van der Waals surface area contributed by atoms with E-state index in [1.807, 2.05) is 0 Å². The fourth-order valence-electron chi connectivity index (χ4n) is 1.01. The molecule has 0 spiro atoms. The summed E-state index contributed by atoms with van der Waals surface area (Å²) in [6.45, 7) is 0. The van der Waals surface area contributed by atoms with E-state index < -0.39 is 17.8 Å². The van der Waals surface area contributed by atoms with E-state index >= 15 is 0 Å². The number of nitrogens with zero attached hydrogens (tertiary/aromatic N) is 1. The van der Waals surface area contributed by atoms with Crippen LogP contribution < -0.4 is 0 Å². The first kappa shape index (κ1) is 12.1. The molecular weight excluding hydrogens is 317 g/mol. The van der Waals surface area contributed by atoms with Gasteiger partial charge in [0.25, 0.3) is 11.8 Å². The Hall–Kier alpha value is -0.990. The highest BCUT2D eigenvalue weighted by atomic mass is 127. The van der Waals surface area contributed by atoms with Crippen LogP contribution >= 0.6 is 22.6 Å². The fourth-order valence-corrected chi connectivity index (χ4v) is 1.28. The molecule has 1 rings (SSSR count). The number of halogens is 1. The van der Waals surface area contributed by atoms with Gasteiger partial charge in [-0.2, -0.15) is 0 Å². The molecule has 1 aliphatic rings. The van der Waals surface area contributed by atoms with Gasteiger partial charge in [-0.15, -0.1) is 5.06 Å². The maximum Gasteiger partial charge on any atom is 0.333 e. The topological polar surface area (TPSA) is 80.8 Å². The molecule has 0 bridgehead atoms. The summed E-state index contributed by atoms with van der Waals surface area (Å²) in [7, 11) is 0. The zero-order valence-electron chi connectivity index (χ0n) is 7.69. The summed E-state index contributed by atoms with van der Waals surface area (Å²) in [6.07, 6.45) is 0.0447. The van der Waals surface area contributed by atoms with E-state index in [1.165, 1.54) is 0 Å². The first-order chi connectivity index (χ1) is 7.00. The van der Waals surface area contributed by atoms with E-state index in [4.69, 9.17) is 0 Å². The molecule has 6 nitrogen and oxygen atoms in total. The van der Waals surface area contributed by atoms with Crippen molar-refractivity contribution in [1.29, 1.82) is 0 Å².